The Hall–Kier alpha value is -4.18. The fourth-order valence-corrected chi connectivity index (χ4v) is 3.92. The summed E-state index contributed by atoms with van der Waals surface area (Å²) in [5, 5.41) is 22.6. The molecule has 1 aliphatic carbocycles. The Bertz CT molecular complexity index is 1410. The number of pyridine rings is 1. The molecule has 0 spiro atoms. The van der Waals surface area contributed by atoms with Gasteiger partial charge in [0.2, 0.25) is 0 Å². The van der Waals surface area contributed by atoms with Crippen molar-refractivity contribution in [3.8, 4) is 5.88 Å². The first-order chi connectivity index (χ1) is 16.6. The fourth-order valence-electron chi connectivity index (χ4n) is 3.92. The third-order valence-electron chi connectivity index (χ3n) is 5.73. The molecule has 10 nitrogen and oxygen atoms in total. The van der Waals surface area contributed by atoms with Gasteiger partial charge < -0.3 is 24.1 Å². The van der Waals surface area contributed by atoms with Crippen LogP contribution in [0.25, 0.3) is 11.3 Å². The van der Waals surface area contributed by atoms with E-state index in [-0.39, 0.29) is 13.2 Å². The second kappa shape index (κ2) is 8.99. The van der Waals surface area contributed by atoms with E-state index in [0.717, 1.165) is 28.0 Å². The van der Waals surface area contributed by atoms with Crippen LogP contribution >= 0.6 is 0 Å². The number of nitrogens with zero attached hydrogens (tertiary/aromatic N) is 5. The number of aromatic nitrogens is 5. The average Bonchev–Trinajstić information content (AvgIpc) is 3.54. The zero-order valence-corrected chi connectivity index (χ0v) is 18.9. The molecule has 0 amide bonds. The molecule has 0 saturated heterocycles. The Kier molecular flexibility index (Phi) is 5.72. The number of hydrogen-bond donors (Lipinski definition) is 3. The molecule has 4 aromatic heterocycles. The van der Waals surface area contributed by atoms with Gasteiger partial charge in [-0.1, -0.05) is 6.07 Å². The van der Waals surface area contributed by atoms with Crippen LogP contribution in [0.5, 0.6) is 5.88 Å². The van der Waals surface area contributed by atoms with Crippen molar-refractivity contribution in [2.75, 3.05) is 19.8 Å². The molecule has 0 atom stereocenters. The van der Waals surface area contributed by atoms with E-state index in [1.54, 1.807) is 29.3 Å². The number of aromatic amines is 1. The second-order valence-corrected chi connectivity index (χ2v) is 7.91. The highest BCUT2D eigenvalue weighted by Crippen LogP contribution is 2.35. The van der Waals surface area contributed by atoms with Crippen LogP contribution in [0.15, 0.2) is 54.2 Å². The molecular weight excluding hydrogens is 434 g/mol. The zero-order valence-electron chi connectivity index (χ0n) is 18.9. The van der Waals surface area contributed by atoms with Crippen molar-refractivity contribution in [3.05, 3.63) is 71.7 Å². The summed E-state index contributed by atoms with van der Waals surface area (Å²) in [6.07, 6.45) is 8.93. The van der Waals surface area contributed by atoms with Gasteiger partial charge in [0.15, 0.2) is 5.69 Å². The highest BCUT2D eigenvalue weighted by molar-refractivity contribution is 6.54. The van der Waals surface area contributed by atoms with Gasteiger partial charge in [-0.2, -0.15) is 0 Å². The van der Waals surface area contributed by atoms with Crippen LogP contribution in [-0.4, -0.2) is 60.5 Å². The maximum absolute atomic E-state index is 9.22. The number of fused-ring (bicyclic) bond motifs is 2. The smallest absolute Gasteiger partial charge is 0.260 e. The van der Waals surface area contributed by atoms with E-state index < -0.39 is 0 Å². The summed E-state index contributed by atoms with van der Waals surface area (Å²) in [5.41, 5.74) is 5.47. The van der Waals surface area contributed by atoms with E-state index in [2.05, 4.69) is 15.1 Å². The summed E-state index contributed by atoms with van der Waals surface area (Å²) in [6, 6.07) is 5.63. The number of rotatable bonds is 8. The largest absolute Gasteiger partial charge is 0.489 e. The van der Waals surface area contributed by atoms with Crippen molar-refractivity contribution in [1.29, 1.82) is 5.41 Å². The lowest BCUT2D eigenvalue weighted by Gasteiger charge is -2.18. The average molecular weight is 460 g/mol. The number of H-pyrrole nitrogens is 1. The minimum absolute atomic E-state index is 0.0951. The van der Waals surface area contributed by atoms with E-state index in [0.29, 0.717) is 41.9 Å². The Labute approximate surface area is 195 Å². The van der Waals surface area contributed by atoms with Gasteiger partial charge in [0.05, 0.1) is 42.1 Å². The number of aliphatic imine (C=N–C) groups is 1. The van der Waals surface area contributed by atoms with E-state index in [1.807, 2.05) is 42.8 Å². The number of aryl methyl sites for hydroxylation is 1. The third kappa shape index (κ3) is 3.88. The first-order valence-electron chi connectivity index (χ1n) is 11.0. The van der Waals surface area contributed by atoms with Crippen LogP contribution in [0.3, 0.4) is 0 Å². The molecule has 1 aliphatic rings. The van der Waals surface area contributed by atoms with Gasteiger partial charge >= 0.3 is 0 Å². The first kappa shape index (κ1) is 21.7. The van der Waals surface area contributed by atoms with Crippen LogP contribution in [0.1, 0.15) is 22.5 Å². The van der Waals surface area contributed by atoms with E-state index in [9.17, 15) is 5.11 Å². The van der Waals surface area contributed by atoms with Crippen LogP contribution in [0, 0.1) is 19.3 Å². The normalized spacial score (nSPS) is 14.5. The van der Waals surface area contributed by atoms with Crippen molar-refractivity contribution in [2.24, 2.45) is 4.99 Å². The monoisotopic (exact) mass is 459 g/mol. The van der Waals surface area contributed by atoms with Crippen molar-refractivity contribution < 1.29 is 14.6 Å². The van der Waals surface area contributed by atoms with Gasteiger partial charge in [-0.3, -0.25) is 5.41 Å². The number of allylic oxidation sites excluding steroid dienone is 1. The molecule has 3 N–H and O–H groups in total. The lowest BCUT2D eigenvalue weighted by atomic mass is 9.95. The van der Waals surface area contributed by atoms with Crippen LogP contribution in [0.4, 0.5) is 5.69 Å². The molecule has 0 unspecified atom stereocenters. The molecule has 0 aliphatic heterocycles. The van der Waals surface area contributed by atoms with Crippen molar-refractivity contribution in [3.63, 3.8) is 0 Å². The molecule has 4 aromatic rings. The number of ether oxygens (including phenoxy) is 2. The molecule has 34 heavy (non-hydrogen) atoms. The summed E-state index contributed by atoms with van der Waals surface area (Å²) < 4.78 is 15.4. The standard InChI is InChI=1S/C24H25N7O3/c1-15-16(2)27-23-19(33-11-9-30-8-6-26-14-30)13-17(21(25)20(15)23)28-22-18-5-3-4-7-31(18)29-24(22)34-12-10-32/h3-8,13-14,25,27,32H,9-12H2,1-2H3. The highest BCUT2D eigenvalue weighted by atomic mass is 16.5. The minimum atomic E-state index is -0.139. The number of aliphatic hydroxyl groups is 1. The van der Waals surface area contributed by atoms with Crippen molar-refractivity contribution >= 4 is 28.4 Å². The number of aliphatic hydroxyl groups excluding tert-OH is 1. The van der Waals surface area contributed by atoms with E-state index >= 15 is 0 Å². The first-order valence-corrected chi connectivity index (χ1v) is 11.0. The molecule has 0 saturated carbocycles. The quantitative estimate of drug-likeness (QED) is 0.373. The van der Waals surface area contributed by atoms with Gasteiger partial charge in [-0.25, -0.2) is 14.5 Å². The molecule has 10 heteroatoms. The van der Waals surface area contributed by atoms with Gasteiger partial charge in [0, 0.05) is 35.9 Å². The number of nitrogens with one attached hydrogen (secondary N) is 2. The minimum Gasteiger partial charge on any atom is -0.489 e. The van der Waals surface area contributed by atoms with E-state index in [4.69, 9.17) is 19.9 Å². The fraction of sp³-hybridized carbons (Fsp3) is 0.250. The predicted molar refractivity (Wildman–Crippen MR) is 128 cm³/mol. The van der Waals surface area contributed by atoms with Crippen LogP contribution in [-0.2, 0) is 11.3 Å². The lowest BCUT2D eigenvalue weighted by molar-refractivity contribution is 0.197. The molecule has 0 bridgehead atoms. The van der Waals surface area contributed by atoms with Gasteiger partial charge in [-0.15, -0.1) is 5.10 Å². The Morgan fingerprint density at radius 2 is 2.06 bits per heavy atom. The lowest BCUT2D eigenvalue weighted by Crippen LogP contribution is -2.20. The van der Waals surface area contributed by atoms with Gasteiger partial charge in [0.25, 0.3) is 5.88 Å². The third-order valence-corrected chi connectivity index (χ3v) is 5.73. The Morgan fingerprint density at radius 3 is 2.85 bits per heavy atom. The van der Waals surface area contributed by atoms with Gasteiger partial charge in [0.1, 0.15) is 19.0 Å². The van der Waals surface area contributed by atoms with Gasteiger partial charge in [-0.05, 0) is 31.5 Å². The van der Waals surface area contributed by atoms with Crippen LogP contribution < -0.4 is 4.74 Å². The molecule has 174 valence electrons. The molecular formula is C24H25N7O3. The molecule has 0 fully saturated rings. The van der Waals surface area contributed by atoms with Crippen molar-refractivity contribution in [2.45, 2.75) is 20.4 Å². The summed E-state index contributed by atoms with van der Waals surface area (Å²) >= 11 is 0. The summed E-state index contributed by atoms with van der Waals surface area (Å²) in [6.45, 7) is 4.99. The SMILES string of the molecule is Cc1[nH]c2c(c1C)C(=N)C(=Nc1c(OCCO)nn3ccccc13)C=C2OCCn1ccnc1. The van der Waals surface area contributed by atoms with E-state index in [1.165, 1.54) is 0 Å². The summed E-state index contributed by atoms with van der Waals surface area (Å²) in [5.74, 6) is 0.916. The topological polar surface area (TPSA) is 126 Å². The Morgan fingerprint density at radius 1 is 1.18 bits per heavy atom. The van der Waals surface area contributed by atoms with Crippen LogP contribution in [0.2, 0.25) is 0 Å². The summed E-state index contributed by atoms with van der Waals surface area (Å²) in [7, 11) is 0. The highest BCUT2D eigenvalue weighted by Gasteiger charge is 2.28. The predicted octanol–water partition coefficient (Wildman–Crippen LogP) is 3.06. The second-order valence-electron chi connectivity index (χ2n) is 7.91. The molecule has 0 aromatic carbocycles. The molecule has 0 radical (unpaired) electrons. The maximum atomic E-state index is 9.22. The zero-order chi connectivity index (χ0) is 23.7. The number of imidazole rings is 1. The number of hydrogen-bond acceptors (Lipinski definition) is 7. The maximum Gasteiger partial charge on any atom is 0.260 e. The Balaban J connectivity index is 1.56. The molecule has 4 heterocycles. The molecule has 5 rings (SSSR count). The summed E-state index contributed by atoms with van der Waals surface area (Å²) in [4.78, 5) is 12.2. The van der Waals surface area contributed by atoms with Crippen molar-refractivity contribution in [1.82, 2.24) is 24.1 Å².